The van der Waals surface area contributed by atoms with E-state index in [4.69, 9.17) is 4.74 Å². The molecule has 2 aliphatic heterocycles. The molecule has 31 heavy (non-hydrogen) atoms. The quantitative estimate of drug-likeness (QED) is 0.447. The van der Waals surface area contributed by atoms with E-state index < -0.39 is 17.7 Å². The topological polar surface area (TPSA) is 87.9 Å². The second kappa shape index (κ2) is 8.64. The van der Waals surface area contributed by atoms with Gasteiger partial charge >= 0.3 is 0 Å². The minimum atomic E-state index is -0.656. The van der Waals surface area contributed by atoms with Gasteiger partial charge in [-0.2, -0.15) is 5.10 Å². The number of carbonyl (C=O) groups is 2. The predicted octanol–water partition coefficient (Wildman–Crippen LogP) is 1.79. The molecule has 0 unspecified atom stereocenters. The molecule has 3 heterocycles. The Labute approximate surface area is 181 Å². The molecule has 4 rings (SSSR count). The standard InChI is InChI=1S/C23H28N4O4/c1-15-18(16(2)25(3)24-15)21(28)19-20(17-7-5-4-6-8-17)27(23(30)22(19)29)10-9-26-11-13-31-14-12-26/h4-8,20,28H,9-14H2,1-3H3/t20-/m1/s1. The van der Waals surface area contributed by atoms with Crippen LogP contribution in [0.3, 0.4) is 0 Å². The van der Waals surface area contributed by atoms with Crippen LogP contribution in [0.2, 0.25) is 0 Å². The van der Waals surface area contributed by atoms with Crippen LogP contribution in [-0.4, -0.2) is 75.8 Å². The molecule has 0 spiro atoms. The average Bonchev–Trinajstić information content (AvgIpc) is 3.18. The van der Waals surface area contributed by atoms with Gasteiger partial charge in [0.1, 0.15) is 5.76 Å². The van der Waals surface area contributed by atoms with Gasteiger partial charge in [-0.1, -0.05) is 30.3 Å². The third-order valence-corrected chi connectivity index (χ3v) is 6.16. The fourth-order valence-electron chi connectivity index (χ4n) is 4.42. The predicted molar refractivity (Wildman–Crippen MR) is 115 cm³/mol. The van der Waals surface area contributed by atoms with Gasteiger partial charge in [-0.05, 0) is 19.4 Å². The maximum absolute atomic E-state index is 13.1. The number of ether oxygens (including phenoxy) is 1. The van der Waals surface area contributed by atoms with E-state index in [1.54, 1.807) is 23.6 Å². The van der Waals surface area contributed by atoms with Crippen molar-refractivity contribution in [1.29, 1.82) is 0 Å². The number of benzene rings is 1. The van der Waals surface area contributed by atoms with Crippen molar-refractivity contribution in [3.05, 3.63) is 58.4 Å². The largest absolute Gasteiger partial charge is 0.507 e. The van der Waals surface area contributed by atoms with E-state index in [9.17, 15) is 14.7 Å². The van der Waals surface area contributed by atoms with Crippen molar-refractivity contribution in [2.24, 2.45) is 7.05 Å². The molecule has 2 aromatic rings. The summed E-state index contributed by atoms with van der Waals surface area (Å²) in [5.41, 5.74) is 2.78. The van der Waals surface area contributed by atoms with Gasteiger partial charge in [0, 0.05) is 38.9 Å². The molecular formula is C23H28N4O4. The lowest BCUT2D eigenvalue weighted by atomic mass is 9.95. The van der Waals surface area contributed by atoms with Crippen LogP contribution < -0.4 is 0 Å². The fraction of sp³-hybridized carbons (Fsp3) is 0.435. The van der Waals surface area contributed by atoms with E-state index in [-0.39, 0.29) is 11.3 Å². The van der Waals surface area contributed by atoms with Gasteiger partial charge in [0.25, 0.3) is 11.7 Å². The summed E-state index contributed by atoms with van der Waals surface area (Å²) in [5, 5.41) is 15.6. The summed E-state index contributed by atoms with van der Waals surface area (Å²) in [6, 6.07) is 8.76. The van der Waals surface area contributed by atoms with Crippen LogP contribution in [0.25, 0.3) is 5.76 Å². The monoisotopic (exact) mass is 424 g/mol. The first-order chi connectivity index (χ1) is 14.9. The van der Waals surface area contributed by atoms with Crippen LogP contribution in [0.1, 0.15) is 28.6 Å². The van der Waals surface area contributed by atoms with Crippen LogP contribution in [0.4, 0.5) is 0 Å². The van der Waals surface area contributed by atoms with Gasteiger partial charge in [-0.15, -0.1) is 0 Å². The molecular weight excluding hydrogens is 396 g/mol. The number of aliphatic hydroxyl groups excluding tert-OH is 1. The van der Waals surface area contributed by atoms with Crippen LogP contribution in [0.5, 0.6) is 0 Å². The molecule has 0 saturated carbocycles. The molecule has 1 atom stereocenters. The van der Waals surface area contributed by atoms with E-state index in [0.717, 1.165) is 24.3 Å². The zero-order valence-electron chi connectivity index (χ0n) is 18.2. The Morgan fingerprint density at radius 3 is 2.42 bits per heavy atom. The van der Waals surface area contributed by atoms with Gasteiger partial charge in [0.05, 0.1) is 36.1 Å². The number of hydrogen-bond donors (Lipinski definition) is 1. The zero-order valence-corrected chi connectivity index (χ0v) is 18.2. The van der Waals surface area contributed by atoms with Crippen molar-refractivity contribution in [3.63, 3.8) is 0 Å². The van der Waals surface area contributed by atoms with Crippen LogP contribution >= 0.6 is 0 Å². The third-order valence-electron chi connectivity index (χ3n) is 6.16. The Bertz CT molecular complexity index is 1020. The van der Waals surface area contributed by atoms with E-state index in [1.165, 1.54) is 0 Å². The van der Waals surface area contributed by atoms with E-state index >= 15 is 0 Å². The maximum atomic E-state index is 13.1. The number of ketones is 1. The second-order valence-electron chi connectivity index (χ2n) is 8.03. The van der Waals surface area contributed by atoms with E-state index in [0.29, 0.717) is 37.6 Å². The summed E-state index contributed by atoms with van der Waals surface area (Å²) in [6.45, 7) is 7.59. The molecule has 1 aromatic heterocycles. The molecule has 1 N–H and O–H groups in total. The lowest BCUT2D eigenvalue weighted by molar-refractivity contribution is -0.140. The van der Waals surface area contributed by atoms with Gasteiger partial charge in [0.2, 0.25) is 0 Å². The number of morpholine rings is 1. The lowest BCUT2D eigenvalue weighted by Crippen LogP contribution is -2.42. The molecule has 1 aromatic carbocycles. The van der Waals surface area contributed by atoms with Gasteiger partial charge in [-0.25, -0.2) is 0 Å². The molecule has 2 fully saturated rings. The average molecular weight is 425 g/mol. The van der Waals surface area contributed by atoms with Gasteiger partial charge in [0.15, 0.2) is 0 Å². The SMILES string of the molecule is Cc1nn(C)c(C)c1C(O)=C1C(=O)C(=O)N(CCN2CCOCC2)[C@@H]1c1ccccc1. The van der Waals surface area contributed by atoms with Crippen molar-refractivity contribution in [3.8, 4) is 0 Å². The molecule has 0 radical (unpaired) electrons. The number of rotatable bonds is 5. The van der Waals surface area contributed by atoms with Crippen LogP contribution in [-0.2, 0) is 21.4 Å². The number of hydrogen-bond acceptors (Lipinski definition) is 6. The fourth-order valence-corrected chi connectivity index (χ4v) is 4.42. The number of carbonyl (C=O) groups excluding carboxylic acids is 2. The Hall–Kier alpha value is -2.97. The van der Waals surface area contributed by atoms with Gasteiger partial charge < -0.3 is 14.7 Å². The zero-order chi connectivity index (χ0) is 22.1. The minimum absolute atomic E-state index is 0.123. The Morgan fingerprint density at radius 1 is 1.13 bits per heavy atom. The smallest absolute Gasteiger partial charge is 0.295 e. The molecule has 0 bridgehead atoms. The molecule has 8 nitrogen and oxygen atoms in total. The highest BCUT2D eigenvalue weighted by molar-refractivity contribution is 6.46. The highest BCUT2D eigenvalue weighted by Crippen LogP contribution is 2.40. The lowest BCUT2D eigenvalue weighted by Gasteiger charge is -2.31. The summed E-state index contributed by atoms with van der Waals surface area (Å²) < 4.78 is 7.06. The highest BCUT2D eigenvalue weighted by atomic mass is 16.5. The molecule has 0 aliphatic carbocycles. The van der Waals surface area contributed by atoms with Crippen LogP contribution in [0.15, 0.2) is 35.9 Å². The van der Waals surface area contributed by atoms with Crippen molar-refractivity contribution >= 4 is 17.4 Å². The second-order valence-corrected chi connectivity index (χ2v) is 8.03. The normalized spacial score (nSPS) is 21.8. The summed E-state index contributed by atoms with van der Waals surface area (Å²) in [7, 11) is 1.79. The van der Waals surface area contributed by atoms with E-state index in [2.05, 4.69) is 10.00 Å². The third kappa shape index (κ3) is 3.88. The number of nitrogens with zero attached hydrogens (tertiary/aromatic N) is 4. The molecule has 164 valence electrons. The Morgan fingerprint density at radius 2 is 1.81 bits per heavy atom. The first kappa shape index (κ1) is 21.3. The number of amides is 1. The Kier molecular flexibility index (Phi) is 5.93. The number of aryl methyl sites for hydroxylation is 2. The van der Waals surface area contributed by atoms with Gasteiger partial charge in [-0.3, -0.25) is 19.2 Å². The summed E-state index contributed by atoms with van der Waals surface area (Å²) in [5.74, 6) is -1.40. The van der Waals surface area contributed by atoms with E-state index in [1.807, 2.05) is 37.3 Å². The van der Waals surface area contributed by atoms with Crippen molar-refractivity contribution in [2.45, 2.75) is 19.9 Å². The molecule has 2 aliphatic rings. The minimum Gasteiger partial charge on any atom is -0.507 e. The summed E-state index contributed by atoms with van der Waals surface area (Å²) >= 11 is 0. The number of Topliss-reactive ketones (excluding diaryl/α,β-unsaturated/α-hetero) is 1. The number of aromatic nitrogens is 2. The van der Waals surface area contributed by atoms with Crippen LogP contribution in [0, 0.1) is 13.8 Å². The number of likely N-dealkylation sites (tertiary alicyclic amines) is 1. The van der Waals surface area contributed by atoms with Crippen molar-refractivity contribution < 1.29 is 19.4 Å². The summed E-state index contributed by atoms with van der Waals surface area (Å²) in [4.78, 5) is 30.0. The molecule has 8 heteroatoms. The summed E-state index contributed by atoms with van der Waals surface area (Å²) in [6.07, 6.45) is 0. The first-order valence-corrected chi connectivity index (χ1v) is 10.5. The van der Waals surface area contributed by atoms with Crippen molar-refractivity contribution in [1.82, 2.24) is 19.6 Å². The highest BCUT2D eigenvalue weighted by Gasteiger charge is 2.46. The number of aliphatic hydroxyl groups is 1. The first-order valence-electron chi connectivity index (χ1n) is 10.5. The molecule has 2 saturated heterocycles. The maximum Gasteiger partial charge on any atom is 0.295 e. The molecule has 1 amide bonds. The van der Waals surface area contributed by atoms with Crippen molar-refractivity contribution in [2.75, 3.05) is 39.4 Å². The Balaban J connectivity index is 1.76.